The van der Waals surface area contributed by atoms with Crippen molar-refractivity contribution in [2.24, 2.45) is 0 Å². The highest BCUT2D eigenvalue weighted by Crippen LogP contribution is 2.29. The minimum atomic E-state index is 0.900. The summed E-state index contributed by atoms with van der Waals surface area (Å²) in [7, 11) is 0.998. The molecule has 0 bridgehead atoms. The largest absolute Gasteiger partial charge is 0.0869 e. The van der Waals surface area contributed by atoms with Gasteiger partial charge in [0.25, 0.3) is 0 Å². The zero-order valence-corrected chi connectivity index (χ0v) is 13.8. The fourth-order valence-corrected chi connectivity index (χ4v) is 3.93. The van der Waals surface area contributed by atoms with Crippen LogP contribution >= 0.6 is 8.58 Å². The lowest BCUT2D eigenvalue weighted by Crippen LogP contribution is -2.10. The molecule has 1 aromatic rings. The van der Waals surface area contributed by atoms with Gasteiger partial charge >= 0.3 is 0 Å². The molecule has 2 unspecified atom stereocenters. The normalized spacial score (nSPS) is 13.4. The molecular formula is C17H29P. The SMILES string of the molecule is CCCCCC(CC)Pc1ccc(C)c(C)c1C. The van der Waals surface area contributed by atoms with Gasteiger partial charge in [-0.05, 0) is 61.3 Å². The molecule has 0 N–H and O–H groups in total. The molecule has 2 atom stereocenters. The van der Waals surface area contributed by atoms with Crippen LogP contribution in [-0.2, 0) is 0 Å². The molecular weight excluding hydrogens is 235 g/mol. The number of hydrogen-bond acceptors (Lipinski definition) is 0. The van der Waals surface area contributed by atoms with Gasteiger partial charge in [0.15, 0.2) is 0 Å². The quantitative estimate of drug-likeness (QED) is 0.464. The van der Waals surface area contributed by atoms with Gasteiger partial charge in [-0.2, -0.15) is 0 Å². The zero-order valence-electron chi connectivity index (χ0n) is 12.8. The van der Waals surface area contributed by atoms with Crippen LogP contribution in [0.25, 0.3) is 0 Å². The van der Waals surface area contributed by atoms with E-state index >= 15 is 0 Å². The monoisotopic (exact) mass is 264 g/mol. The second kappa shape index (κ2) is 7.95. The van der Waals surface area contributed by atoms with Crippen LogP contribution in [0.2, 0.25) is 0 Å². The van der Waals surface area contributed by atoms with E-state index in [2.05, 4.69) is 46.8 Å². The first-order chi connectivity index (χ1) is 8.60. The van der Waals surface area contributed by atoms with Crippen molar-refractivity contribution < 1.29 is 0 Å². The van der Waals surface area contributed by atoms with Gasteiger partial charge in [0.1, 0.15) is 0 Å². The van der Waals surface area contributed by atoms with Crippen LogP contribution in [0.1, 0.15) is 62.6 Å². The molecule has 0 saturated carbocycles. The molecule has 0 spiro atoms. The third kappa shape index (κ3) is 4.39. The Kier molecular flexibility index (Phi) is 6.94. The molecule has 0 aliphatic rings. The lowest BCUT2D eigenvalue weighted by atomic mass is 10.1. The fraction of sp³-hybridized carbons (Fsp3) is 0.647. The Hall–Kier alpha value is -0.350. The predicted molar refractivity (Wildman–Crippen MR) is 86.8 cm³/mol. The smallest absolute Gasteiger partial charge is 0.0199 e. The number of rotatable bonds is 7. The lowest BCUT2D eigenvalue weighted by molar-refractivity contribution is 0.634. The molecule has 0 heterocycles. The highest BCUT2D eigenvalue weighted by atomic mass is 31.1. The van der Waals surface area contributed by atoms with Gasteiger partial charge in [0, 0.05) is 0 Å². The number of benzene rings is 1. The maximum absolute atomic E-state index is 2.36. The van der Waals surface area contributed by atoms with E-state index < -0.39 is 0 Å². The number of aryl methyl sites for hydroxylation is 1. The maximum Gasteiger partial charge on any atom is -0.0199 e. The van der Waals surface area contributed by atoms with E-state index in [0.29, 0.717) is 0 Å². The molecule has 0 saturated heterocycles. The molecule has 1 heteroatoms. The minimum Gasteiger partial charge on any atom is -0.0869 e. The van der Waals surface area contributed by atoms with Crippen molar-refractivity contribution in [3.05, 3.63) is 28.8 Å². The Balaban J connectivity index is 2.67. The van der Waals surface area contributed by atoms with Gasteiger partial charge in [-0.25, -0.2) is 0 Å². The van der Waals surface area contributed by atoms with Crippen molar-refractivity contribution in [1.82, 2.24) is 0 Å². The van der Waals surface area contributed by atoms with Gasteiger partial charge in [-0.1, -0.05) is 53.8 Å². The van der Waals surface area contributed by atoms with Crippen molar-refractivity contribution in [3.63, 3.8) is 0 Å². The predicted octanol–water partition coefficient (Wildman–Crippen LogP) is 5.27. The Morgan fingerprint density at radius 1 is 1.00 bits per heavy atom. The average molecular weight is 264 g/mol. The van der Waals surface area contributed by atoms with Crippen LogP contribution in [0.15, 0.2) is 12.1 Å². The average Bonchev–Trinajstić information content (AvgIpc) is 2.38. The van der Waals surface area contributed by atoms with E-state index in [0.717, 1.165) is 14.2 Å². The molecule has 0 aliphatic carbocycles. The molecule has 0 fully saturated rings. The van der Waals surface area contributed by atoms with Crippen LogP contribution < -0.4 is 5.30 Å². The van der Waals surface area contributed by atoms with E-state index in [9.17, 15) is 0 Å². The van der Waals surface area contributed by atoms with Gasteiger partial charge in [-0.15, -0.1) is 0 Å². The molecule has 0 aromatic heterocycles. The zero-order chi connectivity index (χ0) is 13.5. The van der Waals surface area contributed by atoms with E-state index in [-0.39, 0.29) is 0 Å². The van der Waals surface area contributed by atoms with Crippen molar-refractivity contribution in [1.29, 1.82) is 0 Å². The van der Waals surface area contributed by atoms with Gasteiger partial charge in [0.05, 0.1) is 0 Å². The van der Waals surface area contributed by atoms with E-state index in [1.807, 2.05) is 0 Å². The summed E-state index contributed by atoms with van der Waals surface area (Å²) in [5, 5.41) is 1.60. The van der Waals surface area contributed by atoms with E-state index in [4.69, 9.17) is 0 Å². The summed E-state index contributed by atoms with van der Waals surface area (Å²) in [6.45, 7) is 11.4. The third-order valence-electron chi connectivity index (χ3n) is 4.07. The fourth-order valence-electron chi connectivity index (χ4n) is 2.35. The first kappa shape index (κ1) is 15.7. The molecule has 102 valence electrons. The summed E-state index contributed by atoms with van der Waals surface area (Å²) in [6, 6.07) is 4.65. The Morgan fingerprint density at radius 3 is 2.33 bits per heavy atom. The van der Waals surface area contributed by atoms with Crippen LogP contribution in [0.3, 0.4) is 0 Å². The van der Waals surface area contributed by atoms with Crippen LogP contribution in [-0.4, -0.2) is 5.66 Å². The van der Waals surface area contributed by atoms with E-state index in [1.54, 1.807) is 5.30 Å². The molecule has 0 aliphatic heterocycles. The Morgan fingerprint density at radius 2 is 1.72 bits per heavy atom. The van der Waals surface area contributed by atoms with Gasteiger partial charge in [-0.3, -0.25) is 0 Å². The van der Waals surface area contributed by atoms with Crippen molar-refractivity contribution in [2.45, 2.75) is 72.4 Å². The topological polar surface area (TPSA) is 0 Å². The molecule has 18 heavy (non-hydrogen) atoms. The molecule has 1 rings (SSSR count). The summed E-state index contributed by atoms with van der Waals surface area (Å²) in [4.78, 5) is 0. The Labute approximate surface area is 115 Å². The summed E-state index contributed by atoms with van der Waals surface area (Å²) in [5.41, 5.74) is 5.35. The Bertz CT molecular complexity index is 368. The standard InChI is InChI=1S/C17H29P/c1-6-8-9-10-16(7-2)18-17-12-11-13(3)14(4)15(17)5/h11-12,16,18H,6-10H2,1-5H3. The lowest BCUT2D eigenvalue weighted by Gasteiger charge is -2.18. The highest BCUT2D eigenvalue weighted by molar-refractivity contribution is 7.48. The van der Waals surface area contributed by atoms with Crippen molar-refractivity contribution in [3.8, 4) is 0 Å². The summed E-state index contributed by atoms with van der Waals surface area (Å²) >= 11 is 0. The van der Waals surface area contributed by atoms with Crippen LogP contribution in [0.4, 0.5) is 0 Å². The second-order valence-corrected chi connectivity index (χ2v) is 7.07. The van der Waals surface area contributed by atoms with Crippen LogP contribution in [0, 0.1) is 20.8 Å². The van der Waals surface area contributed by atoms with Crippen molar-refractivity contribution >= 4 is 13.9 Å². The molecule has 1 aromatic carbocycles. The minimum absolute atomic E-state index is 0.900. The summed E-state index contributed by atoms with van der Waals surface area (Å²) < 4.78 is 0. The molecule has 0 nitrogen and oxygen atoms in total. The maximum atomic E-state index is 2.36. The first-order valence-electron chi connectivity index (χ1n) is 7.43. The second-order valence-electron chi connectivity index (χ2n) is 5.43. The van der Waals surface area contributed by atoms with Crippen LogP contribution in [0.5, 0.6) is 0 Å². The van der Waals surface area contributed by atoms with Gasteiger partial charge < -0.3 is 0 Å². The molecule has 0 amide bonds. The van der Waals surface area contributed by atoms with E-state index in [1.165, 1.54) is 48.8 Å². The van der Waals surface area contributed by atoms with Crippen molar-refractivity contribution in [2.75, 3.05) is 0 Å². The third-order valence-corrected chi connectivity index (χ3v) is 6.02. The first-order valence-corrected chi connectivity index (χ1v) is 8.51. The number of unbranched alkanes of at least 4 members (excludes halogenated alkanes) is 2. The molecule has 0 radical (unpaired) electrons. The van der Waals surface area contributed by atoms with Gasteiger partial charge in [0.2, 0.25) is 0 Å². The summed E-state index contributed by atoms with van der Waals surface area (Å²) in [5.74, 6) is 0. The summed E-state index contributed by atoms with van der Waals surface area (Å²) in [6.07, 6.45) is 6.88. The highest BCUT2D eigenvalue weighted by Gasteiger charge is 2.10. The number of hydrogen-bond donors (Lipinski definition) is 0.